The summed E-state index contributed by atoms with van der Waals surface area (Å²) in [6, 6.07) is 7.75. The minimum Gasteiger partial charge on any atom is -0.380 e. The van der Waals surface area contributed by atoms with Crippen molar-refractivity contribution in [1.29, 1.82) is 0 Å². The number of hydrogen-bond acceptors (Lipinski definition) is 3. The molecule has 0 atom stereocenters. The Morgan fingerprint density at radius 3 is 2.33 bits per heavy atom. The van der Waals surface area contributed by atoms with Crippen LogP contribution in [-0.2, 0) is 4.74 Å². The molecule has 15 heavy (non-hydrogen) atoms. The van der Waals surface area contributed by atoms with Gasteiger partial charge in [0.05, 0.1) is 18.6 Å². The van der Waals surface area contributed by atoms with Gasteiger partial charge in [-0.2, -0.15) is 0 Å². The molecular weight excluding hydrogens is 190 g/mol. The molecule has 2 heterocycles. The Hall–Kier alpha value is -1.35. The number of ether oxygens (including phenoxy) is 1. The molecule has 1 aromatic carbocycles. The summed E-state index contributed by atoms with van der Waals surface area (Å²) in [5.41, 5.74) is 2.39. The van der Waals surface area contributed by atoms with Gasteiger partial charge < -0.3 is 9.64 Å². The largest absolute Gasteiger partial charge is 0.380 e. The van der Waals surface area contributed by atoms with Crippen LogP contribution in [0.1, 0.15) is 10.4 Å². The molecular formula is C12H13NO2. The molecule has 1 aromatic rings. The Balaban J connectivity index is 1.70. The van der Waals surface area contributed by atoms with Crippen molar-refractivity contribution in [2.45, 2.75) is 0 Å². The Kier molecular flexibility index (Phi) is 1.83. The van der Waals surface area contributed by atoms with Gasteiger partial charge in [0.2, 0.25) is 0 Å². The van der Waals surface area contributed by atoms with E-state index < -0.39 is 0 Å². The van der Waals surface area contributed by atoms with E-state index in [-0.39, 0.29) is 0 Å². The lowest BCUT2D eigenvalue weighted by atomic mass is 9.78. The molecule has 0 saturated carbocycles. The SMILES string of the molecule is O=Cc1ccc(N2CC3(COC3)C2)cc1. The molecule has 2 aliphatic rings. The van der Waals surface area contributed by atoms with Gasteiger partial charge in [0.25, 0.3) is 0 Å². The minimum atomic E-state index is 0.448. The molecule has 0 amide bonds. The van der Waals surface area contributed by atoms with Crippen LogP contribution in [0.3, 0.4) is 0 Å². The van der Waals surface area contributed by atoms with Gasteiger partial charge in [-0.05, 0) is 24.3 Å². The maximum atomic E-state index is 10.5. The van der Waals surface area contributed by atoms with Crippen LogP contribution in [0.15, 0.2) is 24.3 Å². The number of nitrogens with zero attached hydrogens (tertiary/aromatic N) is 1. The van der Waals surface area contributed by atoms with E-state index >= 15 is 0 Å². The smallest absolute Gasteiger partial charge is 0.150 e. The molecule has 0 bridgehead atoms. The Labute approximate surface area is 88.6 Å². The molecule has 0 radical (unpaired) electrons. The number of carbonyl (C=O) groups is 1. The van der Waals surface area contributed by atoms with Crippen LogP contribution >= 0.6 is 0 Å². The lowest BCUT2D eigenvalue weighted by Crippen LogP contribution is -2.66. The lowest BCUT2D eigenvalue weighted by molar-refractivity contribution is -0.127. The van der Waals surface area contributed by atoms with E-state index in [1.165, 1.54) is 5.69 Å². The van der Waals surface area contributed by atoms with Crippen molar-refractivity contribution in [1.82, 2.24) is 0 Å². The Morgan fingerprint density at radius 1 is 1.20 bits per heavy atom. The number of aldehydes is 1. The highest BCUT2D eigenvalue weighted by Gasteiger charge is 2.48. The summed E-state index contributed by atoms with van der Waals surface area (Å²) < 4.78 is 5.23. The van der Waals surface area contributed by atoms with Crippen LogP contribution in [-0.4, -0.2) is 32.6 Å². The molecule has 0 unspecified atom stereocenters. The predicted molar refractivity (Wildman–Crippen MR) is 57.3 cm³/mol. The molecule has 3 nitrogen and oxygen atoms in total. The van der Waals surface area contributed by atoms with Gasteiger partial charge in [0.1, 0.15) is 6.29 Å². The fourth-order valence-electron chi connectivity index (χ4n) is 2.28. The maximum Gasteiger partial charge on any atom is 0.150 e. The van der Waals surface area contributed by atoms with Gasteiger partial charge >= 0.3 is 0 Å². The second-order valence-corrected chi connectivity index (χ2v) is 4.56. The highest BCUT2D eigenvalue weighted by atomic mass is 16.5. The molecule has 3 heteroatoms. The van der Waals surface area contributed by atoms with Crippen molar-refractivity contribution < 1.29 is 9.53 Å². The quantitative estimate of drug-likeness (QED) is 0.679. The van der Waals surface area contributed by atoms with E-state index in [0.717, 1.165) is 38.2 Å². The average molecular weight is 203 g/mol. The number of anilines is 1. The summed E-state index contributed by atoms with van der Waals surface area (Å²) in [7, 11) is 0. The van der Waals surface area contributed by atoms with Crippen LogP contribution in [0, 0.1) is 5.41 Å². The van der Waals surface area contributed by atoms with Crippen molar-refractivity contribution in [2.75, 3.05) is 31.2 Å². The third-order valence-electron chi connectivity index (χ3n) is 3.26. The number of hydrogen-bond donors (Lipinski definition) is 0. The molecule has 78 valence electrons. The molecule has 1 spiro atoms. The molecule has 2 aliphatic heterocycles. The summed E-state index contributed by atoms with van der Waals surface area (Å²) >= 11 is 0. The van der Waals surface area contributed by atoms with Gasteiger partial charge in [0, 0.05) is 24.3 Å². The van der Waals surface area contributed by atoms with E-state index in [2.05, 4.69) is 4.90 Å². The monoisotopic (exact) mass is 203 g/mol. The van der Waals surface area contributed by atoms with Gasteiger partial charge in [-0.1, -0.05) is 0 Å². The number of benzene rings is 1. The summed E-state index contributed by atoms with van der Waals surface area (Å²) in [5.74, 6) is 0. The van der Waals surface area contributed by atoms with E-state index in [1.807, 2.05) is 24.3 Å². The summed E-state index contributed by atoms with van der Waals surface area (Å²) in [4.78, 5) is 12.8. The molecule has 0 aromatic heterocycles. The van der Waals surface area contributed by atoms with Crippen molar-refractivity contribution in [3.63, 3.8) is 0 Å². The first kappa shape index (κ1) is 8.92. The first-order chi connectivity index (χ1) is 7.31. The topological polar surface area (TPSA) is 29.5 Å². The first-order valence-electron chi connectivity index (χ1n) is 5.19. The average Bonchev–Trinajstić information content (AvgIpc) is 2.14. The Morgan fingerprint density at radius 2 is 1.87 bits per heavy atom. The zero-order valence-corrected chi connectivity index (χ0v) is 8.48. The standard InChI is InChI=1S/C12H13NO2/c14-5-10-1-3-11(4-2-10)13-6-12(7-13)8-15-9-12/h1-5H,6-9H2. The highest BCUT2D eigenvalue weighted by molar-refractivity contribution is 5.75. The third-order valence-corrected chi connectivity index (χ3v) is 3.26. The van der Waals surface area contributed by atoms with Crippen LogP contribution < -0.4 is 4.90 Å². The number of carbonyl (C=O) groups excluding carboxylic acids is 1. The summed E-state index contributed by atoms with van der Waals surface area (Å²) in [5, 5.41) is 0. The second kappa shape index (κ2) is 3.07. The van der Waals surface area contributed by atoms with Crippen molar-refractivity contribution in [2.24, 2.45) is 5.41 Å². The van der Waals surface area contributed by atoms with Gasteiger partial charge in [-0.25, -0.2) is 0 Å². The zero-order chi connectivity index (χ0) is 10.3. The van der Waals surface area contributed by atoms with Gasteiger partial charge in [-0.3, -0.25) is 4.79 Å². The zero-order valence-electron chi connectivity index (χ0n) is 8.48. The maximum absolute atomic E-state index is 10.5. The van der Waals surface area contributed by atoms with Crippen LogP contribution in [0.25, 0.3) is 0 Å². The van der Waals surface area contributed by atoms with Gasteiger partial charge in [-0.15, -0.1) is 0 Å². The van der Waals surface area contributed by atoms with E-state index in [4.69, 9.17) is 4.74 Å². The molecule has 0 N–H and O–H groups in total. The fraction of sp³-hybridized carbons (Fsp3) is 0.417. The normalized spacial score (nSPS) is 22.0. The molecule has 0 aliphatic carbocycles. The van der Waals surface area contributed by atoms with Crippen molar-refractivity contribution in [3.8, 4) is 0 Å². The number of rotatable bonds is 2. The van der Waals surface area contributed by atoms with Crippen molar-refractivity contribution in [3.05, 3.63) is 29.8 Å². The first-order valence-corrected chi connectivity index (χ1v) is 5.19. The summed E-state index contributed by atoms with van der Waals surface area (Å²) in [6.45, 7) is 4.01. The second-order valence-electron chi connectivity index (χ2n) is 4.56. The molecule has 2 saturated heterocycles. The minimum absolute atomic E-state index is 0.448. The van der Waals surface area contributed by atoms with E-state index in [1.54, 1.807) is 0 Å². The highest BCUT2D eigenvalue weighted by Crippen LogP contribution is 2.39. The van der Waals surface area contributed by atoms with Crippen LogP contribution in [0.5, 0.6) is 0 Å². The van der Waals surface area contributed by atoms with Crippen LogP contribution in [0.4, 0.5) is 5.69 Å². The molecule has 2 fully saturated rings. The molecule has 3 rings (SSSR count). The predicted octanol–water partition coefficient (Wildman–Crippen LogP) is 1.34. The summed E-state index contributed by atoms with van der Waals surface area (Å²) in [6.07, 6.45) is 0.876. The van der Waals surface area contributed by atoms with Gasteiger partial charge in [0.15, 0.2) is 0 Å². The third kappa shape index (κ3) is 1.35. The van der Waals surface area contributed by atoms with E-state index in [0.29, 0.717) is 5.41 Å². The van der Waals surface area contributed by atoms with E-state index in [9.17, 15) is 4.79 Å². The van der Waals surface area contributed by atoms with Crippen LogP contribution in [0.2, 0.25) is 0 Å². The Bertz CT molecular complexity index is 373. The van der Waals surface area contributed by atoms with Crippen molar-refractivity contribution >= 4 is 12.0 Å². The lowest BCUT2D eigenvalue weighted by Gasteiger charge is -2.56. The fourth-order valence-corrected chi connectivity index (χ4v) is 2.28.